The molecule has 8 nitrogen and oxygen atoms in total. The molecule has 1 aromatic carbocycles. The van der Waals surface area contributed by atoms with Crippen molar-refractivity contribution in [3.05, 3.63) is 41.3 Å². The highest BCUT2D eigenvalue weighted by Gasteiger charge is 2.56. The Labute approximate surface area is 253 Å². The van der Waals surface area contributed by atoms with Gasteiger partial charge in [0.15, 0.2) is 5.15 Å². The summed E-state index contributed by atoms with van der Waals surface area (Å²) in [4.78, 5) is 31.5. The zero-order valence-corrected chi connectivity index (χ0v) is 25.5. The summed E-state index contributed by atoms with van der Waals surface area (Å²) in [7, 11) is 0. The van der Waals surface area contributed by atoms with E-state index in [4.69, 9.17) is 21.3 Å². The summed E-state index contributed by atoms with van der Waals surface area (Å²) in [6.07, 6.45) is 9.68. The number of fused-ring (bicyclic) bond motifs is 3. The third kappa shape index (κ3) is 4.16. The van der Waals surface area contributed by atoms with Gasteiger partial charge in [-0.05, 0) is 96.2 Å². The van der Waals surface area contributed by atoms with Gasteiger partial charge in [0.1, 0.15) is 5.52 Å². The lowest BCUT2D eigenvalue weighted by molar-refractivity contribution is -0.128. The molecule has 42 heavy (non-hydrogen) atoms. The number of ether oxygens (including phenoxy) is 1. The lowest BCUT2D eigenvalue weighted by Crippen LogP contribution is -2.59. The number of hydrogen-bond donors (Lipinski definition) is 0. The molecular formula is C33H41ClN6O2. The van der Waals surface area contributed by atoms with E-state index >= 15 is 0 Å². The van der Waals surface area contributed by atoms with Crippen LogP contribution in [0.2, 0.25) is 5.15 Å². The topological polar surface area (TPSA) is 66.7 Å². The van der Waals surface area contributed by atoms with Crippen molar-refractivity contribution in [3.63, 3.8) is 0 Å². The van der Waals surface area contributed by atoms with E-state index in [2.05, 4.69) is 56.3 Å². The molecule has 0 radical (unpaired) electrons. The lowest BCUT2D eigenvalue weighted by atomic mass is 9.73. The minimum atomic E-state index is -0.434. The van der Waals surface area contributed by atoms with Crippen LogP contribution in [0.1, 0.15) is 70.4 Å². The molecule has 1 saturated carbocycles. The Hall–Kier alpha value is -2.52. The zero-order valence-electron chi connectivity index (χ0n) is 24.8. The maximum atomic E-state index is 14.6. The average Bonchev–Trinajstić information content (AvgIpc) is 3.48. The molecule has 8 rings (SSSR count). The summed E-state index contributed by atoms with van der Waals surface area (Å²) >= 11 is 6.76. The van der Waals surface area contributed by atoms with Gasteiger partial charge in [-0.15, -0.1) is 0 Å². The van der Waals surface area contributed by atoms with Crippen molar-refractivity contribution in [1.82, 2.24) is 24.3 Å². The number of hydrogen-bond acceptors (Lipinski definition) is 6. The highest BCUT2D eigenvalue weighted by atomic mass is 35.5. The number of likely N-dealkylation sites (tertiary alicyclic amines) is 2. The maximum Gasteiger partial charge on any atom is 0.238 e. The average molecular weight is 589 g/mol. The molecule has 1 aliphatic carbocycles. The van der Waals surface area contributed by atoms with Gasteiger partial charge in [0.05, 0.1) is 42.2 Å². The van der Waals surface area contributed by atoms with E-state index in [0.29, 0.717) is 23.1 Å². The first-order valence-corrected chi connectivity index (χ1v) is 16.4. The van der Waals surface area contributed by atoms with E-state index in [0.717, 1.165) is 80.0 Å². The van der Waals surface area contributed by atoms with Gasteiger partial charge < -0.3 is 19.1 Å². The van der Waals surface area contributed by atoms with Crippen molar-refractivity contribution < 1.29 is 9.53 Å². The third-order valence-corrected chi connectivity index (χ3v) is 11.2. The Morgan fingerprint density at radius 3 is 2.38 bits per heavy atom. The number of carbonyl (C=O) groups excluding carboxylic acids is 1. The van der Waals surface area contributed by atoms with E-state index in [9.17, 15) is 4.79 Å². The molecule has 0 unspecified atom stereocenters. The molecule has 5 aliphatic rings. The number of aromatic nitrogens is 3. The predicted molar refractivity (Wildman–Crippen MR) is 165 cm³/mol. The fraction of sp³-hybridized carbons (Fsp3) is 0.606. The fourth-order valence-corrected chi connectivity index (χ4v) is 8.49. The van der Waals surface area contributed by atoms with Gasteiger partial charge >= 0.3 is 0 Å². The molecule has 9 heteroatoms. The summed E-state index contributed by atoms with van der Waals surface area (Å²) in [5, 5.41) is 0.467. The van der Waals surface area contributed by atoms with E-state index in [1.165, 1.54) is 37.9 Å². The van der Waals surface area contributed by atoms with Crippen LogP contribution >= 0.6 is 11.6 Å². The van der Waals surface area contributed by atoms with Crippen LogP contribution in [0.15, 0.2) is 30.6 Å². The molecule has 6 heterocycles. The molecule has 2 aromatic heterocycles. The predicted octanol–water partition coefficient (Wildman–Crippen LogP) is 5.43. The number of amides is 1. The van der Waals surface area contributed by atoms with Crippen molar-refractivity contribution in [3.8, 4) is 11.3 Å². The minimum absolute atomic E-state index is 0.246. The second-order valence-electron chi connectivity index (χ2n) is 13.5. The first-order chi connectivity index (χ1) is 20.4. The van der Waals surface area contributed by atoms with Gasteiger partial charge in [0.2, 0.25) is 5.91 Å². The second kappa shape index (κ2) is 10.3. The summed E-state index contributed by atoms with van der Waals surface area (Å²) in [6, 6.07) is 10.2. The van der Waals surface area contributed by atoms with E-state index in [1.54, 1.807) is 0 Å². The molecule has 1 amide bonds. The number of piperidine rings is 2. The third-order valence-electron chi connectivity index (χ3n) is 10.9. The molecule has 4 fully saturated rings. The van der Waals surface area contributed by atoms with Crippen LogP contribution < -0.4 is 4.90 Å². The van der Waals surface area contributed by atoms with Crippen LogP contribution in [0.4, 0.5) is 5.69 Å². The van der Waals surface area contributed by atoms with E-state index in [-0.39, 0.29) is 12.1 Å². The minimum Gasteiger partial charge on any atom is -0.378 e. The van der Waals surface area contributed by atoms with Crippen LogP contribution in [0.25, 0.3) is 22.3 Å². The van der Waals surface area contributed by atoms with Gasteiger partial charge in [-0.25, -0.2) is 9.97 Å². The summed E-state index contributed by atoms with van der Waals surface area (Å²) in [6.45, 7) is 10.2. The van der Waals surface area contributed by atoms with E-state index in [1.807, 2.05) is 12.4 Å². The first kappa shape index (κ1) is 27.1. The van der Waals surface area contributed by atoms with Gasteiger partial charge in [-0.3, -0.25) is 9.69 Å². The summed E-state index contributed by atoms with van der Waals surface area (Å²) < 4.78 is 7.54. The normalized spacial score (nSPS) is 26.7. The number of nitrogens with zero attached hydrogens (tertiary/aromatic N) is 6. The van der Waals surface area contributed by atoms with Crippen LogP contribution in [0.3, 0.4) is 0 Å². The Morgan fingerprint density at radius 2 is 1.69 bits per heavy atom. The lowest BCUT2D eigenvalue weighted by Gasteiger charge is -2.48. The van der Waals surface area contributed by atoms with Crippen LogP contribution in [0, 0.1) is 0 Å². The van der Waals surface area contributed by atoms with Crippen LogP contribution in [-0.4, -0.2) is 87.8 Å². The largest absolute Gasteiger partial charge is 0.378 e. The Balaban J connectivity index is 1.14. The molecule has 222 valence electrons. The number of anilines is 1. The molecule has 0 N–H and O–H groups in total. The Morgan fingerprint density at radius 1 is 0.952 bits per heavy atom. The SMILES string of the molecule is CC(C)n1cnc2cc(-c3ccc4c(c3)N(C3CC(N5CCCCC5)C3)C(=O)C43CCN(C4COC4)CC3)nc(Cl)c21. The van der Waals surface area contributed by atoms with Crippen molar-refractivity contribution in [2.24, 2.45) is 0 Å². The second-order valence-corrected chi connectivity index (χ2v) is 13.9. The molecule has 0 bridgehead atoms. The zero-order chi connectivity index (χ0) is 28.6. The number of pyridine rings is 1. The molecular weight excluding hydrogens is 548 g/mol. The maximum absolute atomic E-state index is 14.6. The molecule has 0 atom stereocenters. The number of benzene rings is 1. The van der Waals surface area contributed by atoms with Crippen molar-refractivity contribution in [1.29, 1.82) is 0 Å². The first-order valence-electron chi connectivity index (χ1n) is 16.0. The number of imidazole rings is 1. The monoisotopic (exact) mass is 588 g/mol. The molecule has 4 aliphatic heterocycles. The quantitative estimate of drug-likeness (QED) is 0.370. The number of halogens is 1. The van der Waals surface area contributed by atoms with Gasteiger partial charge in [-0.2, -0.15) is 0 Å². The number of carbonyl (C=O) groups is 1. The fourth-order valence-electron chi connectivity index (χ4n) is 8.21. The summed E-state index contributed by atoms with van der Waals surface area (Å²) in [5.74, 6) is 0.318. The molecule has 1 spiro atoms. The van der Waals surface area contributed by atoms with Crippen molar-refractivity contribution in [2.45, 2.75) is 88.4 Å². The molecule has 3 saturated heterocycles. The summed E-state index contributed by atoms with van der Waals surface area (Å²) in [5.41, 5.74) is 5.37. The smallest absolute Gasteiger partial charge is 0.238 e. The van der Waals surface area contributed by atoms with E-state index < -0.39 is 5.41 Å². The standard InChI is InChI=1S/C33H41ClN6O2/c1-21(2)39-20-35-28-17-27(36-31(34)30(28)39)22-6-7-26-29(14-22)40(24-15-23(16-24)37-10-4-3-5-11-37)32(41)33(26)8-12-38(13-9-33)25-18-42-19-25/h6-7,14,17,20-21,23-25H,3-5,8-13,15-16,18-19H2,1-2H3. The van der Waals surface area contributed by atoms with Gasteiger partial charge in [-0.1, -0.05) is 30.2 Å². The van der Waals surface area contributed by atoms with Gasteiger partial charge in [0, 0.05) is 29.4 Å². The number of rotatable bonds is 5. The van der Waals surface area contributed by atoms with Gasteiger partial charge in [0.25, 0.3) is 0 Å². The Kier molecular flexibility index (Phi) is 6.63. The Bertz CT molecular complexity index is 1510. The highest BCUT2D eigenvalue weighted by molar-refractivity contribution is 6.34. The van der Waals surface area contributed by atoms with Crippen molar-refractivity contribution >= 4 is 34.2 Å². The highest BCUT2D eigenvalue weighted by Crippen LogP contribution is 2.52. The van der Waals surface area contributed by atoms with Crippen LogP contribution in [0.5, 0.6) is 0 Å². The molecule has 3 aromatic rings. The van der Waals surface area contributed by atoms with Crippen molar-refractivity contribution in [2.75, 3.05) is 44.3 Å². The van der Waals surface area contributed by atoms with Crippen LogP contribution in [-0.2, 0) is 14.9 Å².